The van der Waals surface area contributed by atoms with Crippen LogP contribution in [0.5, 0.6) is 5.75 Å². The number of methoxy groups -OCH3 is 1. The number of hydrogen-bond acceptors (Lipinski definition) is 9. The molecule has 2 rings (SSSR count). The average molecular weight is 606 g/mol. The highest BCUT2D eigenvalue weighted by molar-refractivity contribution is 6.30. The maximum Gasteiger partial charge on any atom is 0.225 e. The maximum absolute atomic E-state index is 12.1. The van der Waals surface area contributed by atoms with Crippen molar-refractivity contribution in [2.45, 2.75) is 27.2 Å². The van der Waals surface area contributed by atoms with E-state index < -0.39 is 0 Å². The molecule has 0 bridgehead atoms. The zero-order valence-corrected chi connectivity index (χ0v) is 26.9. The van der Waals surface area contributed by atoms with Crippen LogP contribution < -0.4 is 26.0 Å². The van der Waals surface area contributed by atoms with Gasteiger partial charge in [-0.25, -0.2) is 0 Å². The summed E-state index contributed by atoms with van der Waals surface area (Å²) in [4.78, 5) is 35.8. The Hall–Kier alpha value is -3.44. The van der Waals surface area contributed by atoms with Crippen LogP contribution in [0.4, 0.5) is 5.69 Å². The first-order valence-corrected chi connectivity index (χ1v) is 14.0. The third-order valence-corrected chi connectivity index (χ3v) is 6.03. The molecule has 2 aromatic carbocycles. The highest BCUT2D eigenvalue weighted by Gasteiger charge is 2.22. The molecule has 0 spiro atoms. The summed E-state index contributed by atoms with van der Waals surface area (Å²) in [6.07, 6.45) is 1.67. The molecule has 11 heteroatoms. The first-order chi connectivity index (χ1) is 20.0. The lowest BCUT2D eigenvalue weighted by atomic mass is 9.89. The van der Waals surface area contributed by atoms with Gasteiger partial charge in [0.25, 0.3) is 0 Å². The van der Waals surface area contributed by atoms with Gasteiger partial charge in [-0.2, -0.15) is 0 Å². The minimum atomic E-state index is -0.189. The average Bonchev–Trinajstić information content (AvgIpc) is 2.98. The molecule has 0 aliphatic carbocycles. The Balaban J connectivity index is 0.000000717. The van der Waals surface area contributed by atoms with E-state index in [-0.39, 0.29) is 23.6 Å². The number of carbonyl (C=O) groups excluding carboxylic acids is 3. The number of para-hydroxylation sites is 1. The predicted molar refractivity (Wildman–Crippen MR) is 171 cm³/mol. The SMILES string of the molecule is CCN(C)COC/C(NC)=C(/C=O)NC(=O)CC(C)(C)CNC.CNc1ccccc1.COc1ccc(Cl)cc1C=O. The van der Waals surface area contributed by atoms with Gasteiger partial charge in [0, 0.05) is 37.8 Å². The van der Waals surface area contributed by atoms with Gasteiger partial charge in [-0.3, -0.25) is 19.3 Å². The Labute approximate surface area is 256 Å². The maximum atomic E-state index is 12.1. The van der Waals surface area contributed by atoms with Crippen molar-refractivity contribution < 1.29 is 23.9 Å². The summed E-state index contributed by atoms with van der Waals surface area (Å²) in [5.74, 6) is 0.357. The van der Waals surface area contributed by atoms with Crippen molar-refractivity contribution in [1.29, 1.82) is 0 Å². The quantitative estimate of drug-likeness (QED) is 0.135. The Morgan fingerprint density at radius 2 is 1.74 bits per heavy atom. The van der Waals surface area contributed by atoms with Gasteiger partial charge < -0.3 is 30.7 Å². The van der Waals surface area contributed by atoms with Crippen LogP contribution in [0.2, 0.25) is 5.02 Å². The van der Waals surface area contributed by atoms with Crippen molar-refractivity contribution in [2.75, 3.05) is 67.0 Å². The lowest BCUT2D eigenvalue weighted by Crippen LogP contribution is -2.35. The Morgan fingerprint density at radius 3 is 2.21 bits per heavy atom. The van der Waals surface area contributed by atoms with Crippen LogP contribution in [0, 0.1) is 5.41 Å². The predicted octanol–water partition coefficient (Wildman–Crippen LogP) is 4.18. The highest BCUT2D eigenvalue weighted by Crippen LogP contribution is 2.20. The Kier molecular flexibility index (Phi) is 20.4. The molecule has 0 unspecified atom stereocenters. The smallest absolute Gasteiger partial charge is 0.225 e. The molecule has 1 amide bonds. The number of nitrogens with one attached hydrogen (secondary N) is 4. The molecule has 0 radical (unpaired) electrons. The molecular weight excluding hydrogens is 558 g/mol. The lowest BCUT2D eigenvalue weighted by Gasteiger charge is -2.23. The number of ether oxygens (including phenoxy) is 2. The first-order valence-electron chi connectivity index (χ1n) is 13.6. The van der Waals surface area contributed by atoms with Gasteiger partial charge in [0.2, 0.25) is 5.91 Å². The summed E-state index contributed by atoms with van der Waals surface area (Å²) in [5.41, 5.74) is 2.22. The fourth-order valence-electron chi connectivity index (χ4n) is 3.43. The van der Waals surface area contributed by atoms with E-state index >= 15 is 0 Å². The molecule has 4 N–H and O–H groups in total. The molecule has 0 fully saturated rings. The molecule has 0 saturated heterocycles. The van der Waals surface area contributed by atoms with E-state index in [0.717, 1.165) is 12.2 Å². The van der Waals surface area contributed by atoms with Gasteiger partial charge >= 0.3 is 0 Å². The van der Waals surface area contributed by atoms with Crippen LogP contribution in [-0.4, -0.2) is 85.1 Å². The molecular formula is C31H48ClN5O5. The molecule has 0 atom stereocenters. The van der Waals surface area contributed by atoms with Crippen molar-refractivity contribution in [2.24, 2.45) is 5.41 Å². The van der Waals surface area contributed by atoms with E-state index in [1.165, 1.54) is 7.11 Å². The zero-order valence-electron chi connectivity index (χ0n) is 26.2. The third kappa shape index (κ3) is 16.7. The van der Waals surface area contributed by atoms with Crippen LogP contribution in [0.3, 0.4) is 0 Å². The third-order valence-electron chi connectivity index (χ3n) is 5.79. The van der Waals surface area contributed by atoms with Crippen molar-refractivity contribution in [3.63, 3.8) is 0 Å². The standard InChI is InChI=1S/C16H32N4O3.C8H7ClO2.C7H9N/c1-7-20(6)12-23-10-14(18-5)13(9-21)19-15(22)8-16(2,3)11-17-4;1-11-8-3-2-7(9)4-6(8)5-10;1-8-7-5-3-2-4-6-7/h9,17-18H,7-8,10-12H2,1-6H3,(H,19,22);2-5H,1H3;2-6,8H,1H3/b14-13+;;. The highest BCUT2D eigenvalue weighted by atomic mass is 35.5. The number of allylic oxidation sites excluding steroid dienone is 1. The Morgan fingerprint density at radius 1 is 1.07 bits per heavy atom. The number of rotatable bonds is 15. The first kappa shape index (κ1) is 38.6. The van der Waals surface area contributed by atoms with Crippen LogP contribution in [0.25, 0.3) is 0 Å². The van der Waals surface area contributed by atoms with Crippen LogP contribution in [0.15, 0.2) is 59.9 Å². The summed E-state index contributed by atoms with van der Waals surface area (Å²) < 4.78 is 10.4. The van der Waals surface area contributed by atoms with Gasteiger partial charge in [0.15, 0.2) is 12.6 Å². The Bertz CT molecular complexity index is 1100. The second kappa shape index (κ2) is 22.2. The van der Waals surface area contributed by atoms with Crippen molar-refractivity contribution in [3.05, 3.63) is 70.5 Å². The van der Waals surface area contributed by atoms with Gasteiger partial charge in [-0.1, -0.05) is 50.6 Å². The van der Waals surface area contributed by atoms with E-state index in [4.69, 9.17) is 21.1 Å². The number of anilines is 1. The van der Waals surface area contributed by atoms with Crippen molar-refractivity contribution in [1.82, 2.24) is 20.9 Å². The summed E-state index contributed by atoms with van der Waals surface area (Å²) >= 11 is 5.64. The van der Waals surface area contributed by atoms with E-state index in [1.807, 2.05) is 77.1 Å². The number of carbonyl (C=O) groups is 3. The fraction of sp³-hybridized carbons (Fsp3) is 0.452. The van der Waals surface area contributed by atoms with Gasteiger partial charge in [-0.15, -0.1) is 0 Å². The van der Waals surface area contributed by atoms with Crippen molar-refractivity contribution >= 4 is 35.8 Å². The van der Waals surface area contributed by atoms with Crippen LogP contribution in [0.1, 0.15) is 37.6 Å². The lowest BCUT2D eigenvalue weighted by molar-refractivity contribution is -0.123. The summed E-state index contributed by atoms with van der Waals surface area (Å²) in [6.45, 7) is 8.29. The summed E-state index contributed by atoms with van der Waals surface area (Å²) in [6, 6.07) is 15.0. The molecule has 0 heterocycles. The molecule has 0 aliphatic rings. The zero-order chi connectivity index (χ0) is 32.0. The second-order valence-electron chi connectivity index (χ2n) is 9.95. The molecule has 0 aliphatic heterocycles. The minimum absolute atomic E-state index is 0.188. The topological polar surface area (TPSA) is 121 Å². The fourth-order valence-corrected chi connectivity index (χ4v) is 3.61. The van der Waals surface area contributed by atoms with Gasteiger partial charge in [0.05, 0.1) is 31.7 Å². The van der Waals surface area contributed by atoms with Gasteiger partial charge in [-0.05, 0) is 56.4 Å². The van der Waals surface area contributed by atoms with E-state index in [2.05, 4.69) is 21.3 Å². The number of hydrogen-bond donors (Lipinski definition) is 4. The van der Waals surface area contributed by atoms with Crippen LogP contribution >= 0.6 is 11.6 Å². The number of likely N-dealkylation sites (N-methyl/N-ethyl adjacent to an activating group) is 1. The number of nitrogens with zero attached hydrogens (tertiary/aromatic N) is 1. The molecule has 0 aromatic heterocycles. The summed E-state index contributed by atoms with van der Waals surface area (Å²) in [5, 5.41) is 12.2. The van der Waals surface area contributed by atoms with Gasteiger partial charge in [0.1, 0.15) is 11.4 Å². The van der Waals surface area contributed by atoms with Crippen LogP contribution in [-0.2, 0) is 14.3 Å². The summed E-state index contributed by atoms with van der Waals surface area (Å²) in [7, 11) is 8.91. The number of benzene rings is 2. The molecule has 42 heavy (non-hydrogen) atoms. The molecule has 0 saturated carbocycles. The van der Waals surface area contributed by atoms with E-state index in [1.54, 1.807) is 25.2 Å². The molecule has 10 nitrogen and oxygen atoms in total. The van der Waals surface area contributed by atoms with E-state index in [0.29, 0.717) is 54.3 Å². The number of halogens is 1. The second-order valence-corrected chi connectivity index (χ2v) is 10.4. The van der Waals surface area contributed by atoms with Crippen molar-refractivity contribution in [3.8, 4) is 5.75 Å². The molecule has 234 valence electrons. The normalized spacial score (nSPS) is 11.1. The van der Waals surface area contributed by atoms with E-state index in [9.17, 15) is 14.4 Å². The number of aldehydes is 2. The minimum Gasteiger partial charge on any atom is -0.496 e. The number of amides is 1. The molecule has 2 aromatic rings. The monoisotopic (exact) mass is 605 g/mol. The largest absolute Gasteiger partial charge is 0.496 e.